The van der Waals surface area contributed by atoms with Crippen LogP contribution in [0.3, 0.4) is 0 Å². The van der Waals surface area contributed by atoms with Crippen LogP contribution in [0.2, 0.25) is 0 Å². The van der Waals surface area contributed by atoms with E-state index >= 15 is 0 Å². The van der Waals surface area contributed by atoms with E-state index in [0.717, 1.165) is 11.1 Å². The van der Waals surface area contributed by atoms with E-state index in [2.05, 4.69) is 0 Å². The van der Waals surface area contributed by atoms with Crippen LogP contribution in [-0.2, 0) is 0 Å². The highest BCUT2D eigenvalue weighted by Crippen LogP contribution is 2.41. The Kier molecular flexibility index (Phi) is 3.48. The van der Waals surface area contributed by atoms with Gasteiger partial charge in [-0.2, -0.15) is 0 Å². The molecule has 2 aromatic rings. The van der Waals surface area contributed by atoms with Gasteiger partial charge >= 0.3 is 0 Å². The van der Waals surface area contributed by atoms with Gasteiger partial charge in [-0.05, 0) is 49.2 Å². The Balaban J connectivity index is 2.42. The second kappa shape index (κ2) is 4.93. The lowest BCUT2D eigenvalue weighted by Gasteiger charge is -2.11. The van der Waals surface area contributed by atoms with Crippen LogP contribution in [0.15, 0.2) is 34.1 Å². The Bertz CT molecular complexity index is 586. The zero-order valence-corrected chi connectivity index (χ0v) is 11.6. The van der Waals surface area contributed by atoms with Gasteiger partial charge in [-0.1, -0.05) is 11.8 Å². The maximum Gasteiger partial charge on any atom is 0.129 e. The SMILES string of the molecule is Cc1cc(O)c(Sc2cc(N)c(C)cc2O)cc1N. The quantitative estimate of drug-likeness (QED) is 0.500. The molecule has 5 heteroatoms. The number of aryl methyl sites for hydroxylation is 2. The summed E-state index contributed by atoms with van der Waals surface area (Å²) in [6.45, 7) is 3.65. The van der Waals surface area contributed by atoms with E-state index in [4.69, 9.17) is 11.5 Å². The van der Waals surface area contributed by atoms with Crippen molar-refractivity contribution in [3.63, 3.8) is 0 Å². The van der Waals surface area contributed by atoms with Gasteiger partial charge in [0, 0.05) is 11.4 Å². The van der Waals surface area contributed by atoms with Crippen LogP contribution in [-0.4, -0.2) is 10.2 Å². The fourth-order valence-corrected chi connectivity index (χ4v) is 2.59. The third-order valence-corrected chi connectivity index (χ3v) is 4.01. The highest BCUT2D eigenvalue weighted by molar-refractivity contribution is 7.99. The normalized spacial score (nSPS) is 10.6. The number of phenolic OH excluding ortho intramolecular Hbond substituents is 2. The summed E-state index contributed by atoms with van der Waals surface area (Å²) in [5.74, 6) is 0.269. The van der Waals surface area contributed by atoms with Gasteiger partial charge in [0.15, 0.2) is 0 Å². The standard InChI is InChI=1S/C14H16N2O2S/c1-7-3-11(17)13(5-9(7)15)19-14-6-10(16)8(2)4-12(14)18/h3-6,17-18H,15-16H2,1-2H3. The van der Waals surface area contributed by atoms with Crippen molar-refractivity contribution >= 4 is 23.1 Å². The van der Waals surface area contributed by atoms with Gasteiger partial charge in [-0.3, -0.25) is 0 Å². The molecule has 0 fully saturated rings. The molecule has 0 amide bonds. The van der Waals surface area contributed by atoms with Gasteiger partial charge in [0.1, 0.15) is 11.5 Å². The van der Waals surface area contributed by atoms with Crippen molar-refractivity contribution in [3.05, 3.63) is 35.4 Å². The number of nitrogens with two attached hydrogens (primary N) is 2. The second-order valence-corrected chi connectivity index (χ2v) is 5.54. The zero-order chi connectivity index (χ0) is 14.2. The van der Waals surface area contributed by atoms with Crippen molar-refractivity contribution in [2.45, 2.75) is 23.6 Å². The van der Waals surface area contributed by atoms with Crippen LogP contribution < -0.4 is 11.5 Å². The summed E-state index contributed by atoms with van der Waals surface area (Å²) in [7, 11) is 0. The first kappa shape index (κ1) is 13.4. The van der Waals surface area contributed by atoms with Crippen LogP contribution >= 0.6 is 11.8 Å². The first-order valence-electron chi connectivity index (χ1n) is 5.74. The van der Waals surface area contributed by atoms with Crippen LogP contribution in [0.4, 0.5) is 11.4 Å². The smallest absolute Gasteiger partial charge is 0.129 e. The predicted octanol–water partition coefficient (Wildman–Crippen LogP) is 3.03. The topological polar surface area (TPSA) is 92.5 Å². The van der Waals surface area contributed by atoms with Crippen molar-refractivity contribution in [3.8, 4) is 11.5 Å². The Morgan fingerprint density at radius 1 is 0.789 bits per heavy atom. The lowest BCUT2D eigenvalue weighted by molar-refractivity contribution is 0.459. The molecule has 0 aliphatic rings. The van der Waals surface area contributed by atoms with Gasteiger partial charge < -0.3 is 21.7 Å². The molecule has 100 valence electrons. The monoisotopic (exact) mass is 276 g/mol. The molecule has 0 atom stereocenters. The van der Waals surface area contributed by atoms with E-state index < -0.39 is 0 Å². The first-order chi connectivity index (χ1) is 8.88. The molecule has 2 aromatic carbocycles. The summed E-state index contributed by atoms with van der Waals surface area (Å²) >= 11 is 1.23. The molecule has 2 rings (SSSR count). The highest BCUT2D eigenvalue weighted by atomic mass is 32.2. The maximum absolute atomic E-state index is 9.90. The molecular weight excluding hydrogens is 260 g/mol. The van der Waals surface area contributed by atoms with E-state index in [1.807, 2.05) is 13.8 Å². The third kappa shape index (κ3) is 2.71. The van der Waals surface area contributed by atoms with Crippen molar-refractivity contribution in [2.24, 2.45) is 0 Å². The molecule has 0 aliphatic carbocycles. The van der Waals surface area contributed by atoms with Gasteiger partial charge in [0.25, 0.3) is 0 Å². The summed E-state index contributed by atoms with van der Waals surface area (Å²) in [5, 5.41) is 19.8. The molecule has 0 heterocycles. The zero-order valence-electron chi connectivity index (χ0n) is 10.8. The lowest BCUT2D eigenvalue weighted by Crippen LogP contribution is -1.92. The largest absolute Gasteiger partial charge is 0.507 e. The van der Waals surface area contributed by atoms with E-state index in [1.54, 1.807) is 24.3 Å². The van der Waals surface area contributed by atoms with Gasteiger partial charge in [0.2, 0.25) is 0 Å². The summed E-state index contributed by atoms with van der Waals surface area (Å²) in [4.78, 5) is 1.17. The Labute approximate surface area is 116 Å². The molecule has 0 saturated carbocycles. The minimum atomic E-state index is 0.134. The molecule has 0 aromatic heterocycles. The summed E-state index contributed by atoms with van der Waals surface area (Å²) < 4.78 is 0. The number of rotatable bonds is 2. The number of hydrogen-bond acceptors (Lipinski definition) is 5. The summed E-state index contributed by atoms with van der Waals surface area (Å²) in [6, 6.07) is 6.58. The van der Waals surface area contributed by atoms with Crippen LogP contribution in [0.25, 0.3) is 0 Å². The minimum absolute atomic E-state index is 0.134. The maximum atomic E-state index is 9.90. The predicted molar refractivity (Wildman–Crippen MR) is 78.6 cm³/mol. The van der Waals surface area contributed by atoms with E-state index in [0.29, 0.717) is 21.2 Å². The second-order valence-electron chi connectivity index (χ2n) is 4.46. The van der Waals surface area contributed by atoms with Gasteiger partial charge in [-0.25, -0.2) is 0 Å². The average molecular weight is 276 g/mol. The van der Waals surface area contributed by atoms with Gasteiger partial charge in [-0.15, -0.1) is 0 Å². The number of hydrogen-bond donors (Lipinski definition) is 4. The molecule has 0 aliphatic heterocycles. The first-order valence-corrected chi connectivity index (χ1v) is 6.56. The Morgan fingerprint density at radius 3 is 1.53 bits per heavy atom. The number of anilines is 2. The van der Waals surface area contributed by atoms with Crippen molar-refractivity contribution in [2.75, 3.05) is 11.5 Å². The molecule has 0 unspecified atom stereocenters. The molecule has 4 nitrogen and oxygen atoms in total. The average Bonchev–Trinajstić information content (AvgIpc) is 2.32. The number of nitrogen functional groups attached to an aromatic ring is 2. The lowest BCUT2D eigenvalue weighted by atomic mass is 10.2. The molecule has 19 heavy (non-hydrogen) atoms. The van der Waals surface area contributed by atoms with Crippen molar-refractivity contribution < 1.29 is 10.2 Å². The van der Waals surface area contributed by atoms with Crippen molar-refractivity contribution in [1.82, 2.24) is 0 Å². The molecule has 0 spiro atoms. The molecular formula is C14H16N2O2S. The Morgan fingerprint density at radius 2 is 1.16 bits per heavy atom. The van der Waals surface area contributed by atoms with E-state index in [-0.39, 0.29) is 11.5 Å². The molecule has 0 saturated heterocycles. The minimum Gasteiger partial charge on any atom is -0.507 e. The highest BCUT2D eigenvalue weighted by Gasteiger charge is 2.11. The molecule has 0 bridgehead atoms. The van der Waals surface area contributed by atoms with Crippen LogP contribution in [0.1, 0.15) is 11.1 Å². The van der Waals surface area contributed by atoms with E-state index in [9.17, 15) is 10.2 Å². The van der Waals surface area contributed by atoms with Crippen LogP contribution in [0, 0.1) is 13.8 Å². The fraction of sp³-hybridized carbons (Fsp3) is 0.143. The number of phenols is 2. The number of aromatic hydroxyl groups is 2. The van der Waals surface area contributed by atoms with E-state index in [1.165, 1.54) is 11.8 Å². The number of benzene rings is 2. The summed E-state index contributed by atoms with van der Waals surface area (Å²) in [5.41, 5.74) is 14.5. The van der Waals surface area contributed by atoms with Gasteiger partial charge in [0.05, 0.1) is 9.79 Å². The van der Waals surface area contributed by atoms with Crippen LogP contribution in [0.5, 0.6) is 11.5 Å². The fourth-order valence-electron chi connectivity index (χ4n) is 1.66. The molecule has 6 N–H and O–H groups in total. The van der Waals surface area contributed by atoms with Crippen molar-refractivity contribution in [1.29, 1.82) is 0 Å². The third-order valence-electron chi connectivity index (χ3n) is 2.92. The molecule has 0 radical (unpaired) electrons. The Hall–Kier alpha value is -2.01. The summed E-state index contributed by atoms with van der Waals surface area (Å²) in [6.07, 6.45) is 0.